The first kappa shape index (κ1) is 13.5. The number of aliphatic hydroxyl groups is 1. The SMILES string of the molecule is BCCCCC(N)(C(=O)O)C(O)C1CNC1. The molecule has 92 valence electrons. The highest BCUT2D eigenvalue weighted by Gasteiger charge is 2.46. The normalized spacial score (nSPS) is 22.1. The van der Waals surface area contributed by atoms with Crippen LogP contribution in [-0.2, 0) is 4.79 Å². The largest absolute Gasteiger partial charge is 0.480 e. The van der Waals surface area contributed by atoms with Gasteiger partial charge in [-0.1, -0.05) is 19.2 Å². The van der Waals surface area contributed by atoms with E-state index < -0.39 is 17.6 Å². The average Bonchev–Trinajstić information content (AvgIpc) is 2.14. The minimum atomic E-state index is -1.48. The lowest BCUT2D eigenvalue weighted by Crippen LogP contribution is -2.65. The van der Waals surface area contributed by atoms with Gasteiger partial charge in [0.05, 0.1) is 6.10 Å². The Morgan fingerprint density at radius 3 is 2.56 bits per heavy atom. The number of nitrogens with two attached hydrogens (primary N) is 1. The Hall–Kier alpha value is -0.585. The molecule has 0 saturated carbocycles. The summed E-state index contributed by atoms with van der Waals surface area (Å²) in [6, 6.07) is 0. The molecular weight excluding hydrogens is 207 g/mol. The minimum absolute atomic E-state index is 0.0253. The van der Waals surface area contributed by atoms with E-state index in [1.165, 1.54) is 0 Å². The first-order valence-corrected chi connectivity index (χ1v) is 5.93. The summed E-state index contributed by atoms with van der Waals surface area (Å²) in [6.07, 6.45) is 2.09. The summed E-state index contributed by atoms with van der Waals surface area (Å²) in [5.41, 5.74) is 4.37. The molecule has 0 amide bonds. The van der Waals surface area contributed by atoms with Crippen LogP contribution in [0.5, 0.6) is 0 Å². The molecule has 1 aliphatic heterocycles. The fraction of sp³-hybridized carbons (Fsp3) is 0.900. The van der Waals surface area contributed by atoms with E-state index in [4.69, 9.17) is 10.8 Å². The van der Waals surface area contributed by atoms with E-state index in [0.29, 0.717) is 19.5 Å². The van der Waals surface area contributed by atoms with Crippen LogP contribution >= 0.6 is 0 Å². The number of carboxylic acid groups (broad SMARTS) is 1. The molecule has 1 fully saturated rings. The molecule has 0 radical (unpaired) electrons. The molecule has 1 heterocycles. The second-order valence-electron chi connectivity index (χ2n) is 4.67. The van der Waals surface area contributed by atoms with Gasteiger partial charge in [-0.3, -0.25) is 4.79 Å². The standard InChI is InChI=1S/C10H21BN2O3/c11-4-2-1-3-10(12,9(15)16)8(14)7-5-13-6-7/h7-8,13-14H,1-6,11-12H2,(H,15,16). The van der Waals surface area contributed by atoms with E-state index in [0.717, 1.165) is 19.2 Å². The van der Waals surface area contributed by atoms with E-state index in [1.54, 1.807) is 0 Å². The smallest absolute Gasteiger partial charge is 0.326 e. The Bertz CT molecular complexity index is 248. The maximum atomic E-state index is 11.2. The van der Waals surface area contributed by atoms with Crippen molar-refractivity contribution in [2.45, 2.75) is 37.2 Å². The predicted molar refractivity (Wildman–Crippen MR) is 64.1 cm³/mol. The van der Waals surface area contributed by atoms with Gasteiger partial charge >= 0.3 is 5.97 Å². The number of nitrogens with one attached hydrogen (secondary N) is 1. The highest BCUT2D eigenvalue weighted by Crippen LogP contribution is 2.24. The zero-order valence-electron chi connectivity index (χ0n) is 9.78. The summed E-state index contributed by atoms with van der Waals surface area (Å²) in [4.78, 5) is 11.2. The van der Waals surface area contributed by atoms with Crippen molar-refractivity contribution in [3.05, 3.63) is 0 Å². The number of carboxylic acids is 1. The van der Waals surface area contributed by atoms with Crippen LogP contribution in [0.2, 0.25) is 6.32 Å². The van der Waals surface area contributed by atoms with Crippen molar-refractivity contribution < 1.29 is 15.0 Å². The molecule has 2 atom stereocenters. The van der Waals surface area contributed by atoms with Gasteiger partial charge in [0.1, 0.15) is 13.4 Å². The molecule has 0 bridgehead atoms. The maximum absolute atomic E-state index is 11.2. The molecule has 0 aromatic rings. The predicted octanol–water partition coefficient (Wildman–Crippen LogP) is -1.43. The zero-order valence-corrected chi connectivity index (χ0v) is 9.78. The quantitative estimate of drug-likeness (QED) is 0.316. The summed E-state index contributed by atoms with van der Waals surface area (Å²) in [6.45, 7) is 1.31. The minimum Gasteiger partial charge on any atom is -0.480 e. The Morgan fingerprint density at radius 2 is 2.19 bits per heavy atom. The summed E-state index contributed by atoms with van der Waals surface area (Å²) >= 11 is 0. The summed E-state index contributed by atoms with van der Waals surface area (Å²) in [7, 11) is 2.05. The van der Waals surface area contributed by atoms with Crippen LogP contribution < -0.4 is 11.1 Å². The molecule has 1 aliphatic rings. The second-order valence-corrected chi connectivity index (χ2v) is 4.67. The fourth-order valence-electron chi connectivity index (χ4n) is 2.00. The summed E-state index contributed by atoms with van der Waals surface area (Å²) < 4.78 is 0. The number of aliphatic carboxylic acids is 1. The maximum Gasteiger partial charge on any atom is 0.326 e. The molecule has 16 heavy (non-hydrogen) atoms. The molecule has 6 heteroatoms. The third-order valence-electron chi connectivity index (χ3n) is 3.38. The Labute approximate surface area is 96.8 Å². The van der Waals surface area contributed by atoms with Gasteiger partial charge in [-0.25, -0.2) is 0 Å². The molecule has 2 unspecified atom stereocenters. The lowest BCUT2D eigenvalue weighted by atomic mass is 9.78. The van der Waals surface area contributed by atoms with Gasteiger partial charge in [-0.15, -0.1) is 0 Å². The number of aliphatic hydroxyl groups excluding tert-OH is 1. The van der Waals surface area contributed by atoms with E-state index in [9.17, 15) is 9.90 Å². The Kier molecular flexibility index (Phi) is 4.77. The zero-order chi connectivity index (χ0) is 12.2. The lowest BCUT2D eigenvalue weighted by Gasteiger charge is -2.39. The van der Waals surface area contributed by atoms with Crippen molar-refractivity contribution in [1.82, 2.24) is 5.32 Å². The number of hydrogen-bond acceptors (Lipinski definition) is 4. The van der Waals surface area contributed by atoms with Crippen molar-refractivity contribution in [2.75, 3.05) is 13.1 Å². The Balaban J connectivity index is 2.58. The van der Waals surface area contributed by atoms with E-state index in [2.05, 4.69) is 5.32 Å². The molecule has 0 aromatic heterocycles. The fourth-order valence-corrected chi connectivity index (χ4v) is 2.00. The van der Waals surface area contributed by atoms with E-state index in [1.807, 2.05) is 7.85 Å². The van der Waals surface area contributed by atoms with Crippen LogP contribution in [0.25, 0.3) is 0 Å². The van der Waals surface area contributed by atoms with Crippen molar-refractivity contribution in [3.8, 4) is 0 Å². The average molecular weight is 228 g/mol. The van der Waals surface area contributed by atoms with Crippen LogP contribution in [0, 0.1) is 5.92 Å². The van der Waals surface area contributed by atoms with Crippen LogP contribution in [0.15, 0.2) is 0 Å². The van der Waals surface area contributed by atoms with Crippen molar-refractivity contribution >= 4 is 13.8 Å². The van der Waals surface area contributed by atoms with Crippen molar-refractivity contribution in [2.24, 2.45) is 11.7 Å². The van der Waals surface area contributed by atoms with Gasteiger partial charge in [-0.2, -0.15) is 0 Å². The highest BCUT2D eigenvalue weighted by atomic mass is 16.4. The number of carbonyl (C=O) groups is 1. The summed E-state index contributed by atoms with van der Waals surface area (Å²) in [5, 5.41) is 22.2. The summed E-state index contributed by atoms with van der Waals surface area (Å²) in [5.74, 6) is -1.12. The monoisotopic (exact) mass is 228 g/mol. The molecule has 1 saturated heterocycles. The number of hydrogen-bond donors (Lipinski definition) is 4. The Morgan fingerprint density at radius 1 is 1.56 bits per heavy atom. The number of rotatable bonds is 7. The van der Waals surface area contributed by atoms with Crippen LogP contribution in [-0.4, -0.2) is 48.8 Å². The topological polar surface area (TPSA) is 95.6 Å². The molecule has 5 nitrogen and oxygen atoms in total. The second kappa shape index (κ2) is 5.66. The lowest BCUT2D eigenvalue weighted by molar-refractivity contribution is -0.151. The third-order valence-corrected chi connectivity index (χ3v) is 3.38. The molecule has 0 aliphatic carbocycles. The first-order valence-electron chi connectivity index (χ1n) is 5.93. The molecule has 5 N–H and O–H groups in total. The van der Waals surface area contributed by atoms with Gasteiger partial charge in [0.15, 0.2) is 0 Å². The highest BCUT2D eigenvalue weighted by molar-refractivity contribution is 6.08. The molecular formula is C10H21BN2O3. The van der Waals surface area contributed by atoms with Gasteiger partial charge < -0.3 is 21.3 Å². The van der Waals surface area contributed by atoms with Crippen LogP contribution in [0.3, 0.4) is 0 Å². The van der Waals surface area contributed by atoms with Crippen molar-refractivity contribution in [3.63, 3.8) is 0 Å². The van der Waals surface area contributed by atoms with Crippen LogP contribution in [0.1, 0.15) is 19.3 Å². The number of unbranched alkanes of at least 4 members (excludes halogenated alkanes) is 1. The van der Waals surface area contributed by atoms with Gasteiger partial charge in [-0.05, 0) is 6.42 Å². The van der Waals surface area contributed by atoms with E-state index >= 15 is 0 Å². The molecule has 0 spiro atoms. The van der Waals surface area contributed by atoms with Gasteiger partial charge in [0.25, 0.3) is 0 Å². The van der Waals surface area contributed by atoms with E-state index in [-0.39, 0.29) is 5.92 Å². The molecule has 1 rings (SSSR count). The van der Waals surface area contributed by atoms with Crippen molar-refractivity contribution in [1.29, 1.82) is 0 Å². The third kappa shape index (κ3) is 2.75. The molecule has 0 aromatic carbocycles. The van der Waals surface area contributed by atoms with Crippen LogP contribution in [0.4, 0.5) is 0 Å². The van der Waals surface area contributed by atoms with Gasteiger partial charge in [0.2, 0.25) is 0 Å². The van der Waals surface area contributed by atoms with Gasteiger partial charge in [0, 0.05) is 19.0 Å². The first-order chi connectivity index (χ1) is 7.52.